The summed E-state index contributed by atoms with van der Waals surface area (Å²) in [6.07, 6.45) is 8.11. The quantitative estimate of drug-likeness (QED) is 0.507. The van der Waals surface area contributed by atoms with Crippen LogP contribution in [0.1, 0.15) is 30.4 Å². The van der Waals surface area contributed by atoms with Crippen LogP contribution in [0.15, 0.2) is 58.5 Å². The number of hydrogen-bond acceptors (Lipinski definition) is 4. The number of aliphatic hydroxyl groups excluding tert-OH is 2. The molecule has 0 heterocycles. The molecule has 0 aromatic heterocycles. The predicted molar refractivity (Wildman–Crippen MR) is 105 cm³/mol. The molecule has 0 aliphatic carbocycles. The molecule has 0 unspecified atom stereocenters. The summed E-state index contributed by atoms with van der Waals surface area (Å²) in [4.78, 5) is 8.88. The predicted octanol–water partition coefficient (Wildman–Crippen LogP) is 4.03. The minimum Gasteiger partial charge on any atom is -0.396 e. The van der Waals surface area contributed by atoms with Crippen LogP contribution in [-0.2, 0) is 12.8 Å². The molecule has 0 amide bonds. The van der Waals surface area contributed by atoms with Gasteiger partial charge in [-0.05, 0) is 67.5 Å². The zero-order chi connectivity index (χ0) is 17.7. The van der Waals surface area contributed by atoms with Gasteiger partial charge in [-0.25, -0.2) is 0 Å². The van der Waals surface area contributed by atoms with E-state index >= 15 is 0 Å². The fraction of sp³-hybridized carbons (Fsp3) is 0.333. The number of rotatable bonds is 10. The molecule has 2 N–H and O–H groups in total. The van der Waals surface area contributed by atoms with Gasteiger partial charge in [0.2, 0.25) is 0 Å². The summed E-state index contributed by atoms with van der Waals surface area (Å²) in [7, 11) is 0. The number of nitrogens with zero attached hydrogens (tertiary/aromatic N) is 2. The second kappa shape index (κ2) is 11.3. The van der Waals surface area contributed by atoms with Gasteiger partial charge in [0.1, 0.15) is 0 Å². The Balaban J connectivity index is 1.66. The van der Waals surface area contributed by atoms with Crippen molar-refractivity contribution in [2.24, 2.45) is 9.98 Å². The van der Waals surface area contributed by atoms with Crippen LogP contribution < -0.4 is 0 Å². The minimum absolute atomic E-state index is 0.178. The Morgan fingerprint density at radius 1 is 0.640 bits per heavy atom. The highest BCUT2D eigenvalue weighted by atomic mass is 16.3. The number of aliphatic imine (C=N–C) groups is 2. The summed E-state index contributed by atoms with van der Waals surface area (Å²) < 4.78 is 0. The first-order valence-corrected chi connectivity index (χ1v) is 8.76. The van der Waals surface area contributed by atoms with Gasteiger partial charge >= 0.3 is 0 Å². The first-order valence-electron chi connectivity index (χ1n) is 8.76. The molecule has 0 bridgehead atoms. The molecule has 4 heteroatoms. The van der Waals surface area contributed by atoms with Gasteiger partial charge in [-0.3, -0.25) is 9.98 Å². The molecule has 132 valence electrons. The van der Waals surface area contributed by atoms with Crippen molar-refractivity contribution < 1.29 is 10.2 Å². The van der Waals surface area contributed by atoms with E-state index < -0.39 is 0 Å². The molecular weight excluding hydrogens is 312 g/mol. The highest BCUT2D eigenvalue weighted by Crippen LogP contribution is 2.14. The van der Waals surface area contributed by atoms with Crippen LogP contribution >= 0.6 is 0 Å². The fourth-order valence-corrected chi connectivity index (χ4v) is 2.40. The topological polar surface area (TPSA) is 65.2 Å². The molecule has 0 spiro atoms. The maximum Gasteiger partial charge on any atom is 0.0625 e. The second-order valence-electron chi connectivity index (χ2n) is 5.83. The Morgan fingerprint density at radius 2 is 1.04 bits per heavy atom. The summed E-state index contributed by atoms with van der Waals surface area (Å²) in [6.45, 7) is 0.355. The van der Waals surface area contributed by atoms with Crippen LogP contribution in [0.25, 0.3) is 0 Å². The van der Waals surface area contributed by atoms with Gasteiger partial charge in [0.15, 0.2) is 0 Å². The molecule has 0 radical (unpaired) electrons. The number of hydrogen-bond donors (Lipinski definition) is 2. The Hall–Kier alpha value is -2.30. The minimum atomic E-state index is 0.178. The molecule has 2 aromatic rings. The normalized spacial score (nSPS) is 11.6. The van der Waals surface area contributed by atoms with Gasteiger partial charge in [-0.15, -0.1) is 0 Å². The van der Waals surface area contributed by atoms with E-state index in [0.717, 1.165) is 41.8 Å². The third kappa shape index (κ3) is 7.42. The molecule has 0 fully saturated rings. The van der Waals surface area contributed by atoms with Gasteiger partial charge in [0.25, 0.3) is 0 Å². The average Bonchev–Trinajstić information content (AvgIpc) is 2.64. The Morgan fingerprint density at radius 3 is 1.40 bits per heavy atom. The second-order valence-corrected chi connectivity index (χ2v) is 5.83. The fourth-order valence-electron chi connectivity index (χ4n) is 2.40. The van der Waals surface area contributed by atoms with Crippen molar-refractivity contribution in [2.75, 3.05) is 13.2 Å². The largest absolute Gasteiger partial charge is 0.396 e. The van der Waals surface area contributed by atoms with Crippen LogP contribution in [-0.4, -0.2) is 35.9 Å². The molecule has 0 saturated heterocycles. The van der Waals surface area contributed by atoms with Crippen molar-refractivity contribution in [1.82, 2.24) is 0 Å². The van der Waals surface area contributed by atoms with E-state index in [1.807, 2.05) is 61.0 Å². The Kier molecular flexibility index (Phi) is 8.59. The molecule has 25 heavy (non-hydrogen) atoms. The van der Waals surface area contributed by atoms with Crippen LogP contribution in [0.5, 0.6) is 0 Å². The highest BCUT2D eigenvalue weighted by Gasteiger charge is 1.93. The van der Waals surface area contributed by atoms with Crippen LogP contribution in [0, 0.1) is 0 Å². The summed E-state index contributed by atoms with van der Waals surface area (Å²) >= 11 is 0. The number of benzene rings is 2. The molecule has 0 saturated carbocycles. The first-order chi connectivity index (χ1) is 12.3. The van der Waals surface area contributed by atoms with E-state index in [2.05, 4.69) is 9.98 Å². The van der Waals surface area contributed by atoms with Crippen molar-refractivity contribution in [3.05, 3.63) is 59.7 Å². The smallest absolute Gasteiger partial charge is 0.0625 e. The van der Waals surface area contributed by atoms with E-state index in [1.54, 1.807) is 0 Å². The van der Waals surface area contributed by atoms with Crippen molar-refractivity contribution in [1.29, 1.82) is 0 Å². The molecule has 0 atom stereocenters. The van der Waals surface area contributed by atoms with Crippen LogP contribution in [0.2, 0.25) is 0 Å². The molecular formula is C21H26N2O2. The van der Waals surface area contributed by atoms with Gasteiger partial charge in [-0.1, -0.05) is 24.3 Å². The summed E-state index contributed by atoms with van der Waals surface area (Å²) in [5.41, 5.74) is 4.14. The molecule has 0 aliphatic heterocycles. The van der Waals surface area contributed by atoms with Crippen LogP contribution in [0.4, 0.5) is 11.4 Å². The van der Waals surface area contributed by atoms with Gasteiger partial charge in [0.05, 0.1) is 11.4 Å². The maximum atomic E-state index is 8.89. The monoisotopic (exact) mass is 338 g/mol. The zero-order valence-corrected chi connectivity index (χ0v) is 14.5. The lowest BCUT2D eigenvalue weighted by Gasteiger charge is -1.99. The number of aliphatic hydroxyl groups is 2. The van der Waals surface area contributed by atoms with Crippen molar-refractivity contribution in [3.8, 4) is 0 Å². The Bertz CT molecular complexity index is 602. The molecule has 0 aliphatic rings. The summed E-state index contributed by atoms with van der Waals surface area (Å²) in [6, 6.07) is 15.9. The van der Waals surface area contributed by atoms with Crippen molar-refractivity contribution >= 4 is 23.8 Å². The third-order valence-corrected chi connectivity index (χ3v) is 3.82. The average molecular weight is 338 g/mol. The van der Waals surface area contributed by atoms with E-state index in [-0.39, 0.29) is 13.2 Å². The first kappa shape index (κ1) is 19.0. The molecule has 2 rings (SSSR count). The lowest BCUT2D eigenvalue weighted by Crippen LogP contribution is -1.89. The molecule has 4 nitrogen and oxygen atoms in total. The highest BCUT2D eigenvalue weighted by molar-refractivity contribution is 5.66. The van der Waals surface area contributed by atoms with E-state index in [4.69, 9.17) is 10.2 Å². The van der Waals surface area contributed by atoms with Gasteiger partial charge in [0, 0.05) is 25.6 Å². The lowest BCUT2D eigenvalue weighted by molar-refractivity contribution is 0.299. The number of unbranched alkanes of at least 4 members (excludes halogenated alkanes) is 2. The van der Waals surface area contributed by atoms with Gasteiger partial charge in [-0.2, -0.15) is 0 Å². The Labute approximate surface area is 149 Å². The van der Waals surface area contributed by atoms with Crippen LogP contribution in [0.3, 0.4) is 0 Å². The summed E-state index contributed by atoms with van der Waals surface area (Å²) in [5, 5.41) is 17.8. The SMILES string of the molecule is OCCc1ccc(/N=C/CCC/C=N/c2ccc(CCO)cc2)cc1. The standard InChI is InChI=1S/C21H26N2O2/c24-16-12-18-4-8-20(9-5-18)22-14-2-1-3-15-23-21-10-6-19(7-11-21)13-17-25/h4-11,14-15,24-25H,1-3,12-13,16-17H2/b22-14+,23-15+. The lowest BCUT2D eigenvalue weighted by atomic mass is 10.1. The van der Waals surface area contributed by atoms with Gasteiger partial charge < -0.3 is 10.2 Å². The summed E-state index contributed by atoms with van der Waals surface area (Å²) in [5.74, 6) is 0. The third-order valence-electron chi connectivity index (χ3n) is 3.82. The van der Waals surface area contributed by atoms with E-state index in [0.29, 0.717) is 12.8 Å². The maximum absolute atomic E-state index is 8.89. The van der Waals surface area contributed by atoms with E-state index in [1.165, 1.54) is 0 Å². The van der Waals surface area contributed by atoms with Crippen molar-refractivity contribution in [3.63, 3.8) is 0 Å². The molecule has 2 aromatic carbocycles. The van der Waals surface area contributed by atoms with E-state index in [9.17, 15) is 0 Å². The van der Waals surface area contributed by atoms with Crippen molar-refractivity contribution in [2.45, 2.75) is 32.1 Å². The zero-order valence-electron chi connectivity index (χ0n) is 14.5.